The van der Waals surface area contributed by atoms with Crippen molar-refractivity contribution in [1.82, 2.24) is 10.4 Å². The van der Waals surface area contributed by atoms with Crippen LogP contribution in [0.5, 0.6) is 0 Å². The van der Waals surface area contributed by atoms with E-state index in [0.29, 0.717) is 24.4 Å². The zero-order chi connectivity index (χ0) is 11.5. The van der Waals surface area contributed by atoms with Gasteiger partial charge in [0.15, 0.2) is 0 Å². The summed E-state index contributed by atoms with van der Waals surface area (Å²) < 4.78 is 26.1. The molecule has 0 saturated heterocycles. The lowest BCUT2D eigenvalue weighted by Crippen LogP contribution is -2.32. The van der Waals surface area contributed by atoms with Crippen molar-refractivity contribution in [3.05, 3.63) is 42.0 Å². The Hall–Kier alpha value is -1.75. The highest BCUT2D eigenvalue weighted by atomic mass is 19.1. The number of halogens is 2. The lowest BCUT2D eigenvalue weighted by Gasteiger charge is -2.16. The van der Waals surface area contributed by atoms with E-state index in [0.717, 1.165) is 6.07 Å². The van der Waals surface area contributed by atoms with Crippen LogP contribution in [0.25, 0.3) is 5.57 Å². The fraction of sp³-hybridized carbons (Fsp3) is 0.182. The molecule has 1 N–H and O–H groups in total. The third-order valence-corrected chi connectivity index (χ3v) is 2.26. The Bertz CT molecular complexity index is 443. The Balaban J connectivity index is 2.11. The number of nitrogens with zero attached hydrogens (tertiary/aromatic N) is 2. The molecular formula is C11H11F2N3. The predicted molar refractivity (Wildman–Crippen MR) is 58.6 cm³/mol. The maximum atomic E-state index is 13.4. The van der Waals surface area contributed by atoms with E-state index in [1.165, 1.54) is 12.1 Å². The molecule has 0 spiro atoms. The van der Waals surface area contributed by atoms with Gasteiger partial charge in [0.05, 0.1) is 6.54 Å². The monoisotopic (exact) mass is 223 g/mol. The van der Waals surface area contributed by atoms with E-state index in [9.17, 15) is 8.78 Å². The lowest BCUT2D eigenvalue weighted by atomic mass is 10.1. The van der Waals surface area contributed by atoms with E-state index in [-0.39, 0.29) is 0 Å². The molecule has 0 fully saturated rings. The maximum absolute atomic E-state index is 13.4. The molecule has 1 aromatic carbocycles. The van der Waals surface area contributed by atoms with Gasteiger partial charge in [0.25, 0.3) is 0 Å². The van der Waals surface area contributed by atoms with Gasteiger partial charge in [-0.25, -0.2) is 14.2 Å². The summed E-state index contributed by atoms with van der Waals surface area (Å²) in [6.45, 7) is 4.70. The first-order valence-corrected chi connectivity index (χ1v) is 4.80. The minimum absolute atomic E-state index is 0.323. The van der Waals surface area contributed by atoms with Crippen LogP contribution in [0.15, 0.2) is 29.8 Å². The molecule has 0 amide bonds. The van der Waals surface area contributed by atoms with Gasteiger partial charge in [-0.05, 0) is 17.7 Å². The summed E-state index contributed by atoms with van der Waals surface area (Å²) in [4.78, 5) is 3.94. The van der Waals surface area contributed by atoms with Crippen LogP contribution in [-0.4, -0.2) is 24.6 Å². The van der Waals surface area contributed by atoms with E-state index < -0.39 is 11.6 Å². The third-order valence-electron chi connectivity index (χ3n) is 2.26. The maximum Gasteiger partial charge on any atom is 0.133 e. The summed E-state index contributed by atoms with van der Waals surface area (Å²) in [7, 11) is 0. The van der Waals surface area contributed by atoms with Gasteiger partial charge in [0, 0.05) is 11.6 Å². The summed E-state index contributed by atoms with van der Waals surface area (Å²) in [6.07, 6.45) is 1.62. The van der Waals surface area contributed by atoms with Crippen molar-refractivity contribution >= 4 is 11.9 Å². The summed E-state index contributed by atoms with van der Waals surface area (Å²) in [5, 5.41) is 1.70. The van der Waals surface area contributed by atoms with Crippen LogP contribution in [0.2, 0.25) is 0 Å². The van der Waals surface area contributed by atoms with Crippen molar-refractivity contribution in [3.8, 4) is 0 Å². The van der Waals surface area contributed by atoms with E-state index in [4.69, 9.17) is 0 Å². The van der Waals surface area contributed by atoms with Gasteiger partial charge < -0.3 is 0 Å². The van der Waals surface area contributed by atoms with Gasteiger partial charge in [0.1, 0.15) is 24.6 Å². The lowest BCUT2D eigenvalue weighted by molar-refractivity contribution is 0.388. The van der Waals surface area contributed by atoms with Crippen LogP contribution in [0, 0.1) is 11.6 Å². The molecule has 0 unspecified atom stereocenters. The highest BCUT2D eigenvalue weighted by Gasteiger charge is 2.11. The van der Waals surface area contributed by atoms with Crippen LogP contribution in [0.1, 0.15) is 5.56 Å². The van der Waals surface area contributed by atoms with Crippen molar-refractivity contribution in [2.75, 3.05) is 13.2 Å². The van der Waals surface area contributed by atoms with E-state index in [2.05, 4.69) is 17.0 Å². The number of hydrogen-bond donors (Lipinski definition) is 1. The van der Waals surface area contributed by atoms with Crippen molar-refractivity contribution in [2.24, 2.45) is 4.99 Å². The second kappa shape index (κ2) is 4.40. The second-order valence-corrected chi connectivity index (χ2v) is 3.47. The van der Waals surface area contributed by atoms with Gasteiger partial charge in [-0.1, -0.05) is 6.58 Å². The number of nitrogens with one attached hydrogen (secondary N) is 1. The first-order chi connectivity index (χ1) is 7.66. The average Bonchev–Trinajstić information content (AvgIpc) is 2.70. The predicted octanol–water partition coefficient (Wildman–Crippen LogP) is 1.78. The van der Waals surface area contributed by atoms with Crippen molar-refractivity contribution in [2.45, 2.75) is 0 Å². The standard InChI is InChI=1S/C11H11F2N3/c1-8(5-16-7-14-6-15-16)10-3-2-9(12)4-11(10)13/h2-4,7,15H,1,5-6H2. The Morgan fingerprint density at radius 2 is 2.31 bits per heavy atom. The number of hydrogen-bond acceptors (Lipinski definition) is 3. The normalized spacial score (nSPS) is 14.5. The van der Waals surface area contributed by atoms with Crippen molar-refractivity contribution in [1.29, 1.82) is 0 Å². The quantitative estimate of drug-likeness (QED) is 0.845. The van der Waals surface area contributed by atoms with E-state index in [1.54, 1.807) is 11.3 Å². The minimum Gasteiger partial charge on any atom is -0.292 e. The highest BCUT2D eigenvalue weighted by Crippen LogP contribution is 2.18. The zero-order valence-corrected chi connectivity index (χ0v) is 8.58. The topological polar surface area (TPSA) is 27.6 Å². The third kappa shape index (κ3) is 2.25. The summed E-state index contributed by atoms with van der Waals surface area (Å²) in [5.41, 5.74) is 3.83. The van der Waals surface area contributed by atoms with Crippen molar-refractivity contribution < 1.29 is 8.78 Å². The van der Waals surface area contributed by atoms with Gasteiger partial charge in [-0.2, -0.15) is 0 Å². The summed E-state index contributed by atoms with van der Waals surface area (Å²) in [6, 6.07) is 3.46. The molecule has 16 heavy (non-hydrogen) atoms. The first-order valence-electron chi connectivity index (χ1n) is 4.80. The summed E-state index contributed by atoms with van der Waals surface area (Å²) in [5.74, 6) is -1.18. The molecule has 0 atom stereocenters. The molecule has 1 heterocycles. The number of aliphatic imine (C=N–C) groups is 1. The van der Waals surface area contributed by atoms with Gasteiger partial charge >= 0.3 is 0 Å². The molecule has 0 aromatic heterocycles. The molecule has 2 rings (SSSR count). The molecule has 1 aromatic rings. The van der Waals surface area contributed by atoms with Crippen LogP contribution < -0.4 is 5.43 Å². The van der Waals surface area contributed by atoms with E-state index >= 15 is 0 Å². The fourth-order valence-electron chi connectivity index (χ4n) is 1.48. The molecule has 5 heteroatoms. The van der Waals surface area contributed by atoms with Crippen LogP contribution in [-0.2, 0) is 0 Å². The van der Waals surface area contributed by atoms with Crippen LogP contribution in [0.3, 0.4) is 0 Å². The number of benzene rings is 1. The Morgan fingerprint density at radius 3 is 2.94 bits per heavy atom. The molecular weight excluding hydrogens is 212 g/mol. The summed E-state index contributed by atoms with van der Waals surface area (Å²) >= 11 is 0. The molecule has 84 valence electrons. The minimum atomic E-state index is -0.596. The Kier molecular flexibility index (Phi) is 2.96. The first kappa shape index (κ1) is 10.8. The number of hydrazine groups is 1. The molecule has 0 radical (unpaired) electrons. The van der Waals surface area contributed by atoms with Crippen molar-refractivity contribution in [3.63, 3.8) is 0 Å². The Labute approximate surface area is 92.1 Å². The molecule has 3 nitrogen and oxygen atoms in total. The van der Waals surface area contributed by atoms with Gasteiger partial charge in [-0.3, -0.25) is 10.0 Å². The Morgan fingerprint density at radius 1 is 1.50 bits per heavy atom. The zero-order valence-electron chi connectivity index (χ0n) is 8.58. The second-order valence-electron chi connectivity index (χ2n) is 3.47. The molecule has 1 aliphatic heterocycles. The number of rotatable bonds is 3. The highest BCUT2D eigenvalue weighted by molar-refractivity contribution is 5.68. The smallest absolute Gasteiger partial charge is 0.133 e. The van der Waals surface area contributed by atoms with Crippen LogP contribution in [0.4, 0.5) is 8.78 Å². The fourth-order valence-corrected chi connectivity index (χ4v) is 1.48. The van der Waals surface area contributed by atoms with Crippen LogP contribution >= 0.6 is 0 Å². The molecule has 0 aliphatic carbocycles. The SMILES string of the molecule is C=C(CN1C=NCN1)c1ccc(F)cc1F. The van der Waals surface area contributed by atoms with E-state index in [1.807, 2.05) is 0 Å². The van der Waals surface area contributed by atoms with Gasteiger partial charge in [-0.15, -0.1) is 0 Å². The largest absolute Gasteiger partial charge is 0.292 e. The average molecular weight is 223 g/mol. The molecule has 1 aliphatic rings. The molecule has 0 bridgehead atoms. The molecule has 0 saturated carbocycles. The van der Waals surface area contributed by atoms with Gasteiger partial charge in [0.2, 0.25) is 0 Å².